The Bertz CT molecular complexity index is 612. The van der Waals surface area contributed by atoms with Crippen LogP contribution >= 0.6 is 0 Å². The maximum Gasteiger partial charge on any atom is 0.416 e. The van der Waals surface area contributed by atoms with Crippen LogP contribution in [-0.2, 0) is 6.18 Å². The second kappa shape index (κ2) is 4.53. The summed E-state index contributed by atoms with van der Waals surface area (Å²) in [6.07, 6.45) is -2.84. The van der Waals surface area contributed by atoms with Gasteiger partial charge < -0.3 is 0 Å². The number of carbonyl (C=O) groups excluding carboxylic acids is 1. The number of carbonyl (C=O) groups is 1. The van der Waals surface area contributed by atoms with Crippen molar-refractivity contribution < 1.29 is 18.0 Å². The molecule has 0 atom stereocenters. The maximum absolute atomic E-state index is 12.4. The Balaban J connectivity index is 2.38. The minimum atomic E-state index is -4.36. The Morgan fingerprint density at radius 2 is 1.79 bits per heavy atom. The van der Waals surface area contributed by atoms with Gasteiger partial charge in [0.25, 0.3) is 0 Å². The van der Waals surface area contributed by atoms with Crippen LogP contribution in [0.3, 0.4) is 0 Å². The molecule has 0 unspecified atom stereocenters. The number of hydrogen-bond acceptors (Lipinski definition) is 2. The average Bonchev–Trinajstić information content (AvgIpc) is 2.70. The second-order valence-corrected chi connectivity index (χ2v) is 4.17. The average molecular weight is 268 g/mol. The summed E-state index contributed by atoms with van der Waals surface area (Å²) in [6, 6.07) is 4.61. The normalized spacial score (nSPS) is 11.6. The lowest BCUT2D eigenvalue weighted by Gasteiger charge is -2.07. The van der Waals surface area contributed by atoms with E-state index in [1.54, 1.807) is 6.92 Å². The molecule has 0 saturated heterocycles. The number of hydrogen-bond donors (Lipinski definition) is 0. The fourth-order valence-corrected chi connectivity index (χ4v) is 1.74. The minimum Gasteiger partial charge on any atom is -0.294 e. The number of halogens is 3. The fraction of sp³-hybridized carbons (Fsp3) is 0.231. The Morgan fingerprint density at radius 3 is 2.21 bits per heavy atom. The Morgan fingerprint density at radius 1 is 1.21 bits per heavy atom. The lowest BCUT2D eigenvalue weighted by molar-refractivity contribution is -0.137. The summed E-state index contributed by atoms with van der Waals surface area (Å²) in [7, 11) is 0. The fourth-order valence-electron chi connectivity index (χ4n) is 1.74. The Kier molecular flexibility index (Phi) is 3.18. The van der Waals surface area contributed by atoms with Gasteiger partial charge in [0, 0.05) is 6.20 Å². The maximum atomic E-state index is 12.4. The standard InChI is InChI=1S/C13H11F3N2O/c1-8-12(9(2)19)7-18(17-8)11-5-3-10(4-6-11)13(14,15)16/h3-7H,1-2H3. The summed E-state index contributed by atoms with van der Waals surface area (Å²) in [6.45, 7) is 3.10. The van der Waals surface area contributed by atoms with Crippen LogP contribution in [0.2, 0.25) is 0 Å². The van der Waals surface area contributed by atoms with E-state index in [1.165, 1.54) is 29.9 Å². The SMILES string of the molecule is CC(=O)c1cn(-c2ccc(C(F)(F)F)cc2)nc1C. The molecule has 6 heteroatoms. The summed E-state index contributed by atoms with van der Waals surface area (Å²) in [5.41, 5.74) is 0.766. The van der Waals surface area contributed by atoms with E-state index in [4.69, 9.17) is 0 Å². The summed E-state index contributed by atoms with van der Waals surface area (Å²) < 4.78 is 38.7. The topological polar surface area (TPSA) is 34.9 Å². The molecule has 1 heterocycles. The number of Topliss-reactive ketones (excluding diaryl/α,β-unsaturated/α-hetero) is 1. The summed E-state index contributed by atoms with van der Waals surface area (Å²) >= 11 is 0. The summed E-state index contributed by atoms with van der Waals surface area (Å²) in [5, 5.41) is 4.11. The third-order valence-corrected chi connectivity index (χ3v) is 2.74. The van der Waals surface area contributed by atoms with Crippen LogP contribution in [0.1, 0.15) is 28.5 Å². The van der Waals surface area contributed by atoms with E-state index in [0.29, 0.717) is 16.9 Å². The molecule has 1 aromatic heterocycles. The zero-order chi connectivity index (χ0) is 14.2. The van der Waals surface area contributed by atoms with Crippen LogP contribution in [0.4, 0.5) is 13.2 Å². The molecule has 0 aliphatic carbocycles. The molecule has 0 spiro atoms. The van der Waals surface area contributed by atoms with Crippen molar-refractivity contribution >= 4 is 5.78 Å². The summed E-state index contributed by atoms with van der Waals surface area (Å²) in [4.78, 5) is 11.3. The zero-order valence-electron chi connectivity index (χ0n) is 10.3. The predicted molar refractivity (Wildman–Crippen MR) is 63.3 cm³/mol. The molecule has 2 aromatic rings. The largest absolute Gasteiger partial charge is 0.416 e. The molecule has 1 aromatic carbocycles. The lowest BCUT2D eigenvalue weighted by Crippen LogP contribution is -2.05. The van der Waals surface area contributed by atoms with Gasteiger partial charge in [-0.2, -0.15) is 18.3 Å². The van der Waals surface area contributed by atoms with Crippen molar-refractivity contribution in [3.05, 3.63) is 47.3 Å². The number of benzene rings is 1. The van der Waals surface area contributed by atoms with Crippen LogP contribution in [0.25, 0.3) is 5.69 Å². The monoisotopic (exact) mass is 268 g/mol. The van der Waals surface area contributed by atoms with Gasteiger partial charge in [0.05, 0.1) is 22.5 Å². The molecule has 3 nitrogen and oxygen atoms in total. The molecule has 2 rings (SSSR count). The highest BCUT2D eigenvalue weighted by Gasteiger charge is 2.30. The number of aryl methyl sites for hydroxylation is 1. The van der Waals surface area contributed by atoms with E-state index < -0.39 is 11.7 Å². The van der Waals surface area contributed by atoms with Gasteiger partial charge in [-0.1, -0.05) is 0 Å². The van der Waals surface area contributed by atoms with Crippen molar-refractivity contribution in [2.24, 2.45) is 0 Å². The van der Waals surface area contributed by atoms with Gasteiger partial charge in [-0.05, 0) is 38.1 Å². The van der Waals surface area contributed by atoms with Crippen molar-refractivity contribution in [1.29, 1.82) is 0 Å². The van der Waals surface area contributed by atoms with Gasteiger partial charge in [-0.25, -0.2) is 4.68 Å². The Hall–Kier alpha value is -2.11. The molecule has 0 bridgehead atoms. The van der Waals surface area contributed by atoms with E-state index in [1.807, 2.05) is 0 Å². The van der Waals surface area contributed by atoms with Crippen LogP contribution in [0, 0.1) is 6.92 Å². The van der Waals surface area contributed by atoms with Crippen molar-refractivity contribution in [2.45, 2.75) is 20.0 Å². The second-order valence-electron chi connectivity index (χ2n) is 4.17. The zero-order valence-corrected chi connectivity index (χ0v) is 10.3. The molecule has 100 valence electrons. The number of aromatic nitrogens is 2. The van der Waals surface area contributed by atoms with Gasteiger partial charge in [0.1, 0.15) is 0 Å². The molecule has 0 radical (unpaired) electrons. The van der Waals surface area contributed by atoms with Gasteiger partial charge in [-0.15, -0.1) is 0 Å². The number of rotatable bonds is 2. The highest BCUT2D eigenvalue weighted by Crippen LogP contribution is 2.29. The molecular formula is C13H11F3N2O. The van der Waals surface area contributed by atoms with E-state index in [0.717, 1.165) is 12.1 Å². The molecule has 0 aliphatic rings. The smallest absolute Gasteiger partial charge is 0.294 e. The van der Waals surface area contributed by atoms with Crippen LogP contribution in [0.5, 0.6) is 0 Å². The van der Waals surface area contributed by atoms with Crippen molar-refractivity contribution in [3.63, 3.8) is 0 Å². The Labute approximate surface area is 107 Å². The highest BCUT2D eigenvalue weighted by molar-refractivity contribution is 5.94. The third kappa shape index (κ3) is 2.67. The molecule has 0 amide bonds. The predicted octanol–water partition coefficient (Wildman–Crippen LogP) is 3.40. The van der Waals surface area contributed by atoms with Crippen molar-refractivity contribution in [3.8, 4) is 5.69 Å². The van der Waals surface area contributed by atoms with E-state index in [2.05, 4.69) is 5.10 Å². The third-order valence-electron chi connectivity index (χ3n) is 2.74. The number of nitrogens with zero attached hydrogens (tertiary/aromatic N) is 2. The first kappa shape index (κ1) is 13.3. The molecule has 0 saturated carbocycles. The van der Waals surface area contributed by atoms with Crippen molar-refractivity contribution in [2.75, 3.05) is 0 Å². The van der Waals surface area contributed by atoms with Crippen molar-refractivity contribution in [1.82, 2.24) is 9.78 Å². The van der Waals surface area contributed by atoms with Gasteiger partial charge >= 0.3 is 6.18 Å². The van der Waals surface area contributed by atoms with E-state index in [-0.39, 0.29) is 5.78 Å². The number of ketones is 1. The first-order chi connectivity index (χ1) is 8.79. The summed E-state index contributed by atoms with van der Waals surface area (Å²) in [5.74, 6) is -0.129. The van der Waals surface area contributed by atoms with Gasteiger partial charge in [0.15, 0.2) is 5.78 Å². The van der Waals surface area contributed by atoms with Gasteiger partial charge in [0.2, 0.25) is 0 Å². The van der Waals surface area contributed by atoms with Crippen LogP contribution < -0.4 is 0 Å². The molecule has 0 N–H and O–H groups in total. The molecule has 19 heavy (non-hydrogen) atoms. The van der Waals surface area contributed by atoms with E-state index >= 15 is 0 Å². The molecule has 0 aliphatic heterocycles. The van der Waals surface area contributed by atoms with Crippen LogP contribution in [-0.4, -0.2) is 15.6 Å². The van der Waals surface area contributed by atoms with Crippen LogP contribution in [0.15, 0.2) is 30.5 Å². The minimum absolute atomic E-state index is 0.129. The highest BCUT2D eigenvalue weighted by atomic mass is 19.4. The van der Waals surface area contributed by atoms with Gasteiger partial charge in [-0.3, -0.25) is 4.79 Å². The van der Waals surface area contributed by atoms with E-state index in [9.17, 15) is 18.0 Å². The lowest BCUT2D eigenvalue weighted by atomic mass is 10.2. The molecule has 0 fully saturated rings. The number of alkyl halides is 3. The first-order valence-corrected chi connectivity index (χ1v) is 5.54. The molecular weight excluding hydrogens is 257 g/mol. The first-order valence-electron chi connectivity index (χ1n) is 5.54. The quantitative estimate of drug-likeness (QED) is 0.782.